The van der Waals surface area contributed by atoms with Crippen LogP contribution in [-0.4, -0.2) is 29.0 Å². The van der Waals surface area contributed by atoms with Crippen molar-refractivity contribution in [1.29, 1.82) is 0 Å². The van der Waals surface area contributed by atoms with E-state index in [4.69, 9.17) is 10.8 Å². The summed E-state index contributed by atoms with van der Waals surface area (Å²) in [5.74, 6) is 1.81. The summed E-state index contributed by atoms with van der Waals surface area (Å²) in [6, 6.07) is 13.8. The normalized spacial score (nSPS) is 8.67. The van der Waals surface area contributed by atoms with E-state index < -0.39 is 7.15 Å². The summed E-state index contributed by atoms with van der Waals surface area (Å²) in [4.78, 5) is 0. The van der Waals surface area contributed by atoms with Gasteiger partial charge in [0.1, 0.15) is 11.5 Å². The number of ether oxygens (including phenoxy) is 2. The maximum atomic E-state index is 9.96. The first kappa shape index (κ1) is 24.1. The van der Waals surface area contributed by atoms with Crippen LogP contribution in [0.25, 0.3) is 0 Å². The Balaban J connectivity index is 0. The zero-order chi connectivity index (χ0) is 19.7. The number of rotatable bonds is 2. The van der Waals surface area contributed by atoms with E-state index in [9.17, 15) is 4.39 Å². The van der Waals surface area contributed by atoms with Crippen molar-refractivity contribution in [2.45, 2.75) is 0 Å². The molecule has 0 aliphatic rings. The molecule has 3 nitrogen and oxygen atoms in total. The molecule has 0 aliphatic heterocycles. The van der Waals surface area contributed by atoms with Gasteiger partial charge in [-0.1, -0.05) is 6.07 Å². The first-order valence-electron chi connectivity index (χ1n) is 6.78. The van der Waals surface area contributed by atoms with Crippen molar-refractivity contribution in [3.8, 4) is 11.5 Å². The van der Waals surface area contributed by atoms with Gasteiger partial charge in [0.2, 0.25) is 0 Å². The Morgan fingerprint density at radius 1 is 1.17 bits per heavy atom. The number of hydrogen-bond donors (Lipinski definition) is 1. The van der Waals surface area contributed by atoms with Gasteiger partial charge in [-0.15, -0.1) is 0 Å². The molecular weight excluding hydrogens is 622 g/mol. The van der Waals surface area contributed by atoms with E-state index in [-0.39, 0.29) is 0 Å². The van der Waals surface area contributed by atoms with Crippen molar-refractivity contribution in [1.82, 2.24) is 0 Å². The van der Waals surface area contributed by atoms with Crippen molar-refractivity contribution < 1.29 is 15.2 Å². The molecule has 0 spiro atoms. The fourth-order valence-electron chi connectivity index (χ4n) is 1.20. The van der Waals surface area contributed by atoms with Crippen molar-refractivity contribution in [3.05, 3.63) is 54.1 Å². The minimum atomic E-state index is -1.00. The number of methoxy groups -OCH3 is 2. The Kier molecular flexibility index (Phi) is 18.0. The summed E-state index contributed by atoms with van der Waals surface area (Å²) >= 11 is 11.1. The second kappa shape index (κ2) is 17.9. The average Bonchev–Trinajstić information content (AvgIpc) is 2.59. The molecule has 2 aromatic rings. The molecule has 24 heavy (non-hydrogen) atoms. The summed E-state index contributed by atoms with van der Waals surface area (Å²) in [5, 5.41) is 0. The first-order chi connectivity index (χ1) is 11.9. The molecule has 1 radical (unpaired) electrons. The van der Waals surface area contributed by atoms with Crippen LogP contribution in [0.3, 0.4) is 0 Å². The molecule has 0 saturated heterocycles. The molecule has 0 bridgehead atoms. The molecule has 0 aromatic heterocycles. The number of benzene rings is 2. The molecule has 2 aromatic carbocycles. The van der Waals surface area contributed by atoms with Crippen molar-refractivity contribution in [2.24, 2.45) is 4.30 Å². The van der Waals surface area contributed by atoms with E-state index in [0.29, 0.717) is 0 Å². The van der Waals surface area contributed by atoms with Crippen LogP contribution in [0.15, 0.2) is 51.2 Å². The predicted octanol–water partition coefficient (Wildman–Crippen LogP) is 6.13. The topological polar surface area (TPSA) is 30.8 Å². The second-order valence-electron chi connectivity index (χ2n) is 3.56. The first-order valence-corrected chi connectivity index (χ1v) is 9.43. The van der Waals surface area contributed by atoms with Gasteiger partial charge in [-0.3, -0.25) is 4.39 Å². The van der Waals surface area contributed by atoms with Gasteiger partial charge < -0.3 is 9.47 Å². The maximum absolute atomic E-state index is 9.96. The monoisotopic (exact) mass is 639 g/mol. The van der Waals surface area contributed by atoms with Crippen LogP contribution in [0.1, 0.15) is 1.37 Å². The fourth-order valence-corrected chi connectivity index (χ4v) is 2.45. The summed E-state index contributed by atoms with van der Waals surface area (Å²) in [5.41, 5.74) is 0. The van der Waals surface area contributed by atoms with Crippen molar-refractivity contribution in [2.75, 3.05) is 21.4 Å². The SMILES string of the molecule is COc1ccc(Br)c(I)c1.COc1cccc(I)c1.[2H]CF.[B]=NS. The molecule has 131 valence electrons. The van der Waals surface area contributed by atoms with Crippen molar-refractivity contribution in [3.63, 3.8) is 0 Å². The Morgan fingerprint density at radius 3 is 2.04 bits per heavy atom. The van der Waals surface area contributed by atoms with Gasteiger partial charge in [-0.05, 0) is 97.5 Å². The van der Waals surface area contributed by atoms with Crippen molar-refractivity contribution >= 4 is 81.6 Å². The third kappa shape index (κ3) is 13.4. The molecular formula is C15H17BBrFI2NO2S. The van der Waals surface area contributed by atoms with Gasteiger partial charge in [-0.25, -0.2) is 0 Å². The summed E-state index contributed by atoms with van der Waals surface area (Å²) in [6.07, 6.45) is 0. The molecule has 0 fully saturated rings. The molecule has 0 unspecified atom stereocenters. The van der Waals surface area contributed by atoms with E-state index >= 15 is 0 Å². The Bertz CT molecular complexity index is 617. The molecule has 0 saturated carbocycles. The Hall–Kier alpha value is 0.125. The van der Waals surface area contributed by atoms with Gasteiger partial charge in [0.25, 0.3) is 0 Å². The van der Waals surface area contributed by atoms with Crippen LogP contribution in [-0.2, 0) is 0 Å². The summed E-state index contributed by atoms with van der Waals surface area (Å²) in [6.45, 7) is 0. The third-order valence-electron chi connectivity index (χ3n) is 2.16. The molecule has 0 N–H and O–H groups in total. The van der Waals surface area contributed by atoms with E-state index in [2.05, 4.69) is 85.9 Å². The van der Waals surface area contributed by atoms with Gasteiger partial charge in [0.15, 0.2) is 0 Å². The summed E-state index contributed by atoms with van der Waals surface area (Å²) in [7, 11) is 6.67. The molecule has 0 atom stereocenters. The fraction of sp³-hybridized carbons (Fsp3) is 0.200. The van der Waals surface area contributed by atoms with Crippen LogP contribution in [0, 0.1) is 7.14 Å². The predicted molar refractivity (Wildman–Crippen MR) is 123 cm³/mol. The zero-order valence-corrected chi connectivity index (χ0v) is 19.8. The number of nitrogens with zero attached hydrogens (tertiary/aromatic N) is 1. The number of alkyl halides is 1. The van der Waals surface area contributed by atoms with Crippen LogP contribution < -0.4 is 9.47 Å². The van der Waals surface area contributed by atoms with E-state index in [1.165, 1.54) is 3.57 Å². The second-order valence-corrected chi connectivity index (χ2v) is 7.05. The molecule has 0 aliphatic carbocycles. The summed E-state index contributed by atoms with van der Waals surface area (Å²) < 4.78 is 31.7. The van der Waals surface area contributed by atoms with Crippen LogP contribution in [0.4, 0.5) is 4.39 Å². The van der Waals surface area contributed by atoms with E-state index in [0.717, 1.165) is 19.5 Å². The molecule has 0 heterocycles. The zero-order valence-electron chi connectivity index (χ0n) is 14.0. The number of hydrogen-bond acceptors (Lipinski definition) is 4. The van der Waals surface area contributed by atoms with Gasteiger partial charge in [0.05, 0.1) is 22.7 Å². The van der Waals surface area contributed by atoms with Gasteiger partial charge in [0, 0.05) is 11.6 Å². The number of thiol groups is 1. The standard InChI is InChI=1S/C7H6BrIO.C7H7IO.CH3F.BHNS/c1-10-5-2-3-6(8)7(9)4-5;1-9-7-4-2-3-6(8)5-7;1-2;1-2-3/h2-4H,1H3;2-5H,1H3;1H3;3H/i;;1D;. The van der Waals surface area contributed by atoms with E-state index in [1.807, 2.05) is 42.5 Å². The number of halogens is 4. The third-order valence-corrected chi connectivity index (χ3v) is 5.15. The quantitative estimate of drug-likeness (QED) is 0.244. The molecule has 9 heteroatoms. The molecule has 0 amide bonds. The average molecular weight is 640 g/mol. The van der Waals surface area contributed by atoms with Gasteiger partial charge in [-0.2, -0.15) is 0 Å². The molecule has 2 rings (SSSR count). The van der Waals surface area contributed by atoms with Gasteiger partial charge >= 0.3 is 24.8 Å². The van der Waals surface area contributed by atoms with Crippen LogP contribution in [0.2, 0.25) is 0 Å². The van der Waals surface area contributed by atoms with Crippen LogP contribution >= 0.6 is 73.9 Å². The Labute approximate surface area is 186 Å². The van der Waals surface area contributed by atoms with Crippen LogP contribution in [0.5, 0.6) is 11.5 Å². The minimum absolute atomic E-state index is 0.896. The van der Waals surface area contributed by atoms with E-state index in [1.54, 1.807) is 14.2 Å². The Morgan fingerprint density at radius 2 is 1.67 bits per heavy atom.